The number of nitrogens with one attached hydrogen (secondary N) is 1. The highest BCUT2D eigenvalue weighted by atomic mass is 35.5. The Labute approximate surface area is 202 Å². The number of hydrogen-bond donors (Lipinski definition) is 1. The minimum absolute atomic E-state index is 0.104. The summed E-state index contributed by atoms with van der Waals surface area (Å²) in [5, 5.41) is 4.33. The van der Waals surface area contributed by atoms with Crippen LogP contribution in [0.4, 0.5) is 4.39 Å². The molecule has 2 aromatic carbocycles. The lowest BCUT2D eigenvalue weighted by molar-refractivity contribution is -0.0706. The van der Waals surface area contributed by atoms with E-state index in [1.807, 2.05) is 19.1 Å². The van der Waals surface area contributed by atoms with Crippen LogP contribution in [0, 0.1) is 29.0 Å². The van der Waals surface area contributed by atoms with Crippen LogP contribution in [0.1, 0.15) is 63.5 Å². The molecule has 178 valence electrons. The van der Waals surface area contributed by atoms with Crippen molar-refractivity contribution in [2.75, 3.05) is 6.61 Å². The minimum Gasteiger partial charge on any atom is -0.490 e. The quantitative estimate of drug-likeness (QED) is 0.421. The molecular formula is C28H35ClFNO2. The Kier molecular flexibility index (Phi) is 6.59. The van der Waals surface area contributed by atoms with Crippen LogP contribution in [0.15, 0.2) is 36.4 Å². The molecule has 0 aromatic heterocycles. The Hall–Kier alpha value is -1.78. The van der Waals surface area contributed by atoms with Crippen molar-refractivity contribution in [3.8, 4) is 11.5 Å². The van der Waals surface area contributed by atoms with Gasteiger partial charge in [-0.15, -0.1) is 0 Å². The molecule has 0 radical (unpaired) electrons. The molecule has 2 aromatic rings. The predicted molar refractivity (Wildman–Crippen MR) is 130 cm³/mol. The molecule has 0 spiro atoms. The largest absolute Gasteiger partial charge is 0.490 e. The molecule has 4 fully saturated rings. The van der Waals surface area contributed by atoms with E-state index in [4.69, 9.17) is 21.1 Å². The number of ether oxygens (including phenoxy) is 2. The second kappa shape index (κ2) is 9.46. The highest BCUT2D eigenvalue weighted by Crippen LogP contribution is 2.61. The maximum Gasteiger partial charge on any atom is 0.180 e. The topological polar surface area (TPSA) is 30.5 Å². The van der Waals surface area contributed by atoms with Gasteiger partial charge >= 0.3 is 0 Å². The molecule has 0 saturated heterocycles. The summed E-state index contributed by atoms with van der Waals surface area (Å²) in [6.07, 6.45) is 8.57. The summed E-state index contributed by atoms with van der Waals surface area (Å²) < 4.78 is 25.8. The molecule has 3 nitrogen and oxygen atoms in total. The monoisotopic (exact) mass is 471 g/mol. The Bertz CT molecular complexity index is 959. The van der Waals surface area contributed by atoms with Crippen molar-refractivity contribution in [1.82, 2.24) is 5.32 Å². The van der Waals surface area contributed by atoms with Crippen LogP contribution >= 0.6 is 11.6 Å². The molecule has 1 N–H and O–H groups in total. The van der Waals surface area contributed by atoms with Gasteiger partial charge in [-0.05, 0) is 99.3 Å². The zero-order valence-corrected chi connectivity index (χ0v) is 20.5. The van der Waals surface area contributed by atoms with Crippen LogP contribution < -0.4 is 14.8 Å². The third-order valence-corrected chi connectivity index (χ3v) is 8.60. The van der Waals surface area contributed by atoms with Gasteiger partial charge in [-0.1, -0.05) is 29.8 Å². The first-order valence-corrected chi connectivity index (χ1v) is 12.9. The molecule has 6 rings (SSSR count). The first kappa shape index (κ1) is 23.0. The van der Waals surface area contributed by atoms with E-state index >= 15 is 0 Å². The van der Waals surface area contributed by atoms with Crippen LogP contribution in [0.2, 0.25) is 5.02 Å². The maximum absolute atomic E-state index is 14.0. The summed E-state index contributed by atoms with van der Waals surface area (Å²) in [5.41, 5.74) is 2.04. The van der Waals surface area contributed by atoms with Crippen LogP contribution in [-0.4, -0.2) is 12.6 Å². The first-order valence-electron chi connectivity index (χ1n) is 12.5. The van der Waals surface area contributed by atoms with E-state index in [1.54, 1.807) is 18.2 Å². The van der Waals surface area contributed by atoms with Crippen LogP contribution in [0.3, 0.4) is 0 Å². The average Bonchev–Trinajstić information content (AvgIpc) is 2.77. The lowest BCUT2D eigenvalue weighted by Gasteiger charge is -2.59. The fourth-order valence-corrected chi connectivity index (χ4v) is 7.38. The smallest absolute Gasteiger partial charge is 0.180 e. The van der Waals surface area contributed by atoms with Crippen molar-refractivity contribution < 1.29 is 13.9 Å². The summed E-state index contributed by atoms with van der Waals surface area (Å²) in [5.74, 6) is 3.65. The molecule has 1 atom stereocenters. The van der Waals surface area contributed by atoms with E-state index in [0.29, 0.717) is 40.1 Å². The average molecular weight is 472 g/mol. The molecule has 0 amide bonds. The van der Waals surface area contributed by atoms with E-state index in [-0.39, 0.29) is 12.4 Å². The van der Waals surface area contributed by atoms with Gasteiger partial charge in [0.15, 0.2) is 11.5 Å². The molecule has 4 aliphatic rings. The second-order valence-electron chi connectivity index (χ2n) is 10.6. The van der Waals surface area contributed by atoms with Crippen LogP contribution in [0.5, 0.6) is 11.5 Å². The molecule has 0 aliphatic heterocycles. The van der Waals surface area contributed by atoms with E-state index in [1.165, 1.54) is 44.6 Å². The molecular weight excluding hydrogens is 437 g/mol. The van der Waals surface area contributed by atoms with Gasteiger partial charge in [0.2, 0.25) is 0 Å². The zero-order chi connectivity index (χ0) is 23.0. The van der Waals surface area contributed by atoms with E-state index in [9.17, 15) is 4.39 Å². The highest BCUT2D eigenvalue weighted by Gasteiger charge is 2.52. The Morgan fingerprint density at radius 3 is 2.36 bits per heavy atom. The Morgan fingerprint density at radius 1 is 1.06 bits per heavy atom. The number of hydrogen-bond acceptors (Lipinski definition) is 3. The number of rotatable bonds is 9. The zero-order valence-electron chi connectivity index (χ0n) is 19.7. The summed E-state index contributed by atoms with van der Waals surface area (Å²) in [6.45, 7) is 5.68. The summed E-state index contributed by atoms with van der Waals surface area (Å²) in [6, 6.07) is 11.1. The summed E-state index contributed by atoms with van der Waals surface area (Å²) >= 11 is 6.62. The van der Waals surface area contributed by atoms with Gasteiger partial charge in [-0.2, -0.15) is 0 Å². The maximum atomic E-state index is 14.0. The van der Waals surface area contributed by atoms with Crippen molar-refractivity contribution in [2.24, 2.45) is 23.2 Å². The van der Waals surface area contributed by atoms with Gasteiger partial charge in [0.05, 0.1) is 11.6 Å². The Morgan fingerprint density at radius 2 is 1.73 bits per heavy atom. The van der Waals surface area contributed by atoms with Gasteiger partial charge < -0.3 is 14.8 Å². The molecule has 4 saturated carbocycles. The van der Waals surface area contributed by atoms with Gasteiger partial charge in [0, 0.05) is 18.2 Å². The van der Waals surface area contributed by atoms with Crippen molar-refractivity contribution in [1.29, 1.82) is 0 Å². The lowest BCUT2D eigenvalue weighted by Crippen LogP contribution is -2.54. The fourth-order valence-electron chi connectivity index (χ4n) is 7.09. The van der Waals surface area contributed by atoms with Crippen LogP contribution in [-0.2, 0) is 13.2 Å². The molecule has 0 heterocycles. The van der Waals surface area contributed by atoms with E-state index in [2.05, 4.69) is 12.2 Å². The minimum atomic E-state index is -0.286. The van der Waals surface area contributed by atoms with Crippen LogP contribution in [0.25, 0.3) is 0 Å². The molecule has 1 unspecified atom stereocenters. The summed E-state index contributed by atoms with van der Waals surface area (Å²) in [7, 11) is 0. The molecule has 5 heteroatoms. The normalized spacial score (nSPS) is 28.7. The number of halogens is 2. The van der Waals surface area contributed by atoms with Gasteiger partial charge in [-0.3, -0.25) is 0 Å². The third-order valence-electron chi connectivity index (χ3n) is 8.32. The van der Waals surface area contributed by atoms with Crippen molar-refractivity contribution >= 4 is 11.6 Å². The highest BCUT2D eigenvalue weighted by molar-refractivity contribution is 6.32. The van der Waals surface area contributed by atoms with Crippen molar-refractivity contribution in [2.45, 2.75) is 71.6 Å². The SMILES string of the molecule is CCOc1cc(CNC(C)C23CC4CC(CC(C4)C2)C3)cc(Cl)c1OCc1ccccc1F. The molecule has 4 bridgehead atoms. The van der Waals surface area contributed by atoms with E-state index in [0.717, 1.165) is 29.9 Å². The van der Waals surface area contributed by atoms with Crippen molar-refractivity contribution in [3.05, 3.63) is 58.4 Å². The second-order valence-corrected chi connectivity index (χ2v) is 11.0. The van der Waals surface area contributed by atoms with Gasteiger partial charge in [-0.25, -0.2) is 4.39 Å². The molecule has 33 heavy (non-hydrogen) atoms. The van der Waals surface area contributed by atoms with E-state index < -0.39 is 0 Å². The lowest BCUT2D eigenvalue weighted by atomic mass is 9.48. The predicted octanol–water partition coefficient (Wildman–Crippen LogP) is 7.15. The van der Waals surface area contributed by atoms with Crippen molar-refractivity contribution in [3.63, 3.8) is 0 Å². The number of benzene rings is 2. The third kappa shape index (κ3) is 4.74. The molecule has 4 aliphatic carbocycles. The first-order chi connectivity index (χ1) is 16.0. The Balaban J connectivity index is 1.27. The standard InChI is InChI=1S/C28H35ClFNO2/c1-3-32-26-12-22(11-24(29)27(26)33-17-23-6-4-5-7-25(23)30)16-31-18(2)28-13-19-8-20(14-28)10-21(9-19)15-28/h4-7,11-12,18-21,31H,3,8-10,13-17H2,1-2H3. The van der Waals surface area contributed by atoms with Gasteiger partial charge in [0.1, 0.15) is 12.4 Å². The van der Waals surface area contributed by atoms with Gasteiger partial charge in [0.25, 0.3) is 0 Å². The summed E-state index contributed by atoms with van der Waals surface area (Å²) in [4.78, 5) is 0. The fraction of sp³-hybridized carbons (Fsp3) is 0.571.